The van der Waals surface area contributed by atoms with Crippen LogP contribution in [-0.4, -0.2) is 9.97 Å². The van der Waals surface area contributed by atoms with Gasteiger partial charge in [-0.1, -0.05) is 17.7 Å². The van der Waals surface area contributed by atoms with Crippen molar-refractivity contribution in [1.82, 2.24) is 9.97 Å². The maximum absolute atomic E-state index is 5.86. The van der Waals surface area contributed by atoms with Crippen molar-refractivity contribution in [2.75, 3.05) is 0 Å². The maximum Gasteiger partial charge on any atom is 0.238 e. The number of hydrogen-bond donors (Lipinski definition) is 0. The molecule has 0 aliphatic rings. The molecule has 0 radical (unpaired) electrons. The molecule has 5 heteroatoms. The highest BCUT2D eigenvalue weighted by Gasteiger charge is 2.09. The number of aryl methyl sites for hydroxylation is 2. The standard InChI is InChI=1S/C12H10BrClN2O/c1-7-3-4-9(5-8(7)2)17-12-10(13)11(14)15-6-16-12/h3-6H,1-2H3. The Morgan fingerprint density at radius 1 is 1.18 bits per heavy atom. The molecule has 0 aliphatic carbocycles. The van der Waals surface area contributed by atoms with Crippen molar-refractivity contribution < 1.29 is 4.74 Å². The Labute approximate surface area is 113 Å². The Kier molecular flexibility index (Phi) is 3.64. The van der Waals surface area contributed by atoms with Crippen molar-refractivity contribution in [2.24, 2.45) is 0 Å². The molecular formula is C12H10BrClN2O. The van der Waals surface area contributed by atoms with Crippen molar-refractivity contribution in [1.29, 1.82) is 0 Å². The molecule has 0 amide bonds. The van der Waals surface area contributed by atoms with Gasteiger partial charge in [-0.25, -0.2) is 9.97 Å². The largest absolute Gasteiger partial charge is 0.438 e. The van der Waals surface area contributed by atoms with Gasteiger partial charge in [0.15, 0.2) is 5.15 Å². The molecule has 0 bridgehead atoms. The van der Waals surface area contributed by atoms with Crippen molar-refractivity contribution in [3.8, 4) is 11.6 Å². The number of ether oxygens (including phenoxy) is 1. The molecule has 1 aromatic carbocycles. The number of halogens is 2. The van der Waals surface area contributed by atoms with Crippen LogP contribution in [0.15, 0.2) is 29.0 Å². The molecule has 2 rings (SSSR count). The summed E-state index contributed by atoms with van der Waals surface area (Å²) in [4.78, 5) is 7.86. The van der Waals surface area contributed by atoms with E-state index in [2.05, 4.69) is 32.8 Å². The molecule has 0 spiro atoms. The van der Waals surface area contributed by atoms with Crippen molar-refractivity contribution in [2.45, 2.75) is 13.8 Å². The Morgan fingerprint density at radius 2 is 1.94 bits per heavy atom. The average molecular weight is 314 g/mol. The van der Waals surface area contributed by atoms with Crippen LogP contribution in [0.2, 0.25) is 5.15 Å². The Balaban J connectivity index is 2.31. The van der Waals surface area contributed by atoms with Gasteiger partial charge >= 0.3 is 0 Å². The first-order valence-electron chi connectivity index (χ1n) is 4.99. The summed E-state index contributed by atoms with van der Waals surface area (Å²) in [5, 5.41) is 0.332. The minimum absolute atomic E-state index is 0.332. The van der Waals surface area contributed by atoms with E-state index in [1.165, 1.54) is 17.5 Å². The predicted octanol–water partition coefficient (Wildman–Crippen LogP) is 4.30. The van der Waals surface area contributed by atoms with Crippen LogP contribution in [0.1, 0.15) is 11.1 Å². The van der Waals surface area contributed by atoms with Gasteiger partial charge in [0.05, 0.1) is 0 Å². The molecule has 0 saturated carbocycles. The minimum Gasteiger partial charge on any atom is -0.438 e. The highest BCUT2D eigenvalue weighted by Crippen LogP contribution is 2.31. The second-order valence-electron chi connectivity index (χ2n) is 3.63. The van der Waals surface area contributed by atoms with Crippen LogP contribution in [0.5, 0.6) is 11.6 Å². The number of nitrogens with zero attached hydrogens (tertiary/aromatic N) is 2. The molecule has 0 unspecified atom stereocenters. The van der Waals surface area contributed by atoms with Crippen molar-refractivity contribution in [3.63, 3.8) is 0 Å². The normalized spacial score (nSPS) is 10.4. The highest BCUT2D eigenvalue weighted by molar-refractivity contribution is 9.10. The van der Waals surface area contributed by atoms with Gasteiger partial charge < -0.3 is 4.74 Å². The van der Waals surface area contributed by atoms with Gasteiger partial charge in [0, 0.05) is 0 Å². The Hall–Kier alpha value is -1.13. The zero-order valence-electron chi connectivity index (χ0n) is 9.37. The lowest BCUT2D eigenvalue weighted by Crippen LogP contribution is -1.92. The molecule has 17 heavy (non-hydrogen) atoms. The second kappa shape index (κ2) is 5.02. The van der Waals surface area contributed by atoms with Gasteiger partial charge in [-0.2, -0.15) is 0 Å². The first kappa shape index (κ1) is 12.3. The average Bonchev–Trinajstić information content (AvgIpc) is 2.30. The molecule has 0 saturated heterocycles. The highest BCUT2D eigenvalue weighted by atomic mass is 79.9. The lowest BCUT2D eigenvalue weighted by atomic mass is 10.1. The molecule has 0 N–H and O–H groups in total. The third-order valence-electron chi connectivity index (χ3n) is 2.41. The molecule has 1 heterocycles. The van der Waals surface area contributed by atoms with Crippen LogP contribution < -0.4 is 4.74 Å². The Bertz CT molecular complexity index is 560. The summed E-state index contributed by atoms with van der Waals surface area (Å²) in [5.41, 5.74) is 2.39. The molecular weight excluding hydrogens is 304 g/mol. The monoisotopic (exact) mass is 312 g/mol. The van der Waals surface area contributed by atoms with Crippen molar-refractivity contribution >= 4 is 27.5 Å². The van der Waals surface area contributed by atoms with E-state index in [4.69, 9.17) is 16.3 Å². The van der Waals surface area contributed by atoms with E-state index >= 15 is 0 Å². The topological polar surface area (TPSA) is 35.0 Å². The van der Waals surface area contributed by atoms with Crippen LogP contribution in [0.25, 0.3) is 0 Å². The van der Waals surface area contributed by atoms with Gasteiger partial charge in [0.1, 0.15) is 16.5 Å². The fourth-order valence-corrected chi connectivity index (χ4v) is 1.70. The van der Waals surface area contributed by atoms with Crippen LogP contribution in [0, 0.1) is 13.8 Å². The molecule has 0 atom stereocenters. The van der Waals surface area contributed by atoms with Gasteiger partial charge in [-0.3, -0.25) is 0 Å². The lowest BCUT2D eigenvalue weighted by Gasteiger charge is -2.08. The third-order valence-corrected chi connectivity index (χ3v) is 3.64. The van der Waals surface area contributed by atoms with Gasteiger partial charge in [0.25, 0.3) is 0 Å². The summed E-state index contributed by atoms with van der Waals surface area (Å²) in [6.07, 6.45) is 1.36. The first-order valence-corrected chi connectivity index (χ1v) is 6.16. The lowest BCUT2D eigenvalue weighted by molar-refractivity contribution is 0.457. The smallest absolute Gasteiger partial charge is 0.238 e. The Morgan fingerprint density at radius 3 is 2.65 bits per heavy atom. The van der Waals surface area contributed by atoms with Gasteiger partial charge in [-0.15, -0.1) is 0 Å². The van der Waals surface area contributed by atoms with Crippen LogP contribution in [0.3, 0.4) is 0 Å². The van der Waals surface area contributed by atoms with Crippen LogP contribution >= 0.6 is 27.5 Å². The summed E-state index contributed by atoms with van der Waals surface area (Å²) in [7, 11) is 0. The van der Waals surface area contributed by atoms with E-state index in [9.17, 15) is 0 Å². The second-order valence-corrected chi connectivity index (χ2v) is 4.78. The predicted molar refractivity (Wildman–Crippen MR) is 70.7 cm³/mol. The zero-order valence-corrected chi connectivity index (χ0v) is 11.7. The summed E-state index contributed by atoms with van der Waals surface area (Å²) >= 11 is 9.15. The van der Waals surface area contributed by atoms with E-state index in [1.54, 1.807) is 0 Å². The molecule has 88 valence electrons. The summed E-state index contributed by atoms with van der Waals surface area (Å²) in [5.74, 6) is 1.14. The van der Waals surface area contributed by atoms with Crippen molar-refractivity contribution in [3.05, 3.63) is 45.3 Å². The SMILES string of the molecule is Cc1ccc(Oc2ncnc(Cl)c2Br)cc1C. The molecule has 3 nitrogen and oxygen atoms in total. The summed E-state index contributed by atoms with van der Waals surface area (Å²) in [6, 6.07) is 5.85. The fourth-order valence-electron chi connectivity index (χ4n) is 1.29. The van der Waals surface area contributed by atoms with Gasteiger partial charge in [0.2, 0.25) is 5.88 Å². The summed E-state index contributed by atoms with van der Waals surface area (Å²) in [6.45, 7) is 4.08. The molecule has 2 aromatic rings. The maximum atomic E-state index is 5.86. The van der Waals surface area contributed by atoms with Crippen LogP contribution in [0.4, 0.5) is 0 Å². The number of rotatable bonds is 2. The number of aromatic nitrogens is 2. The van der Waals surface area contributed by atoms with E-state index in [0.717, 1.165) is 5.75 Å². The van der Waals surface area contributed by atoms with Crippen LogP contribution in [-0.2, 0) is 0 Å². The third kappa shape index (κ3) is 2.76. The fraction of sp³-hybridized carbons (Fsp3) is 0.167. The van der Waals surface area contributed by atoms with Gasteiger partial charge in [-0.05, 0) is 53.0 Å². The molecule has 0 aliphatic heterocycles. The van der Waals surface area contributed by atoms with E-state index in [-0.39, 0.29) is 0 Å². The number of benzene rings is 1. The zero-order chi connectivity index (χ0) is 12.4. The molecule has 0 fully saturated rings. The summed E-state index contributed by atoms with van der Waals surface area (Å²) < 4.78 is 6.20. The molecule has 1 aromatic heterocycles. The minimum atomic E-state index is 0.332. The van der Waals surface area contributed by atoms with E-state index in [1.807, 2.05) is 25.1 Å². The first-order chi connectivity index (χ1) is 8.08. The quantitative estimate of drug-likeness (QED) is 0.775. The number of hydrogen-bond acceptors (Lipinski definition) is 3. The van der Waals surface area contributed by atoms with E-state index in [0.29, 0.717) is 15.5 Å². The van der Waals surface area contributed by atoms with E-state index < -0.39 is 0 Å².